The first-order chi connectivity index (χ1) is 15.2. The van der Waals surface area contributed by atoms with Crippen LogP contribution >= 0.6 is 11.6 Å². The molecule has 1 aliphatic carbocycles. The molecular weight excluding hydrogens is 426 g/mol. The Labute approximate surface area is 196 Å². The zero-order valence-electron chi connectivity index (χ0n) is 19.4. The van der Waals surface area contributed by atoms with E-state index in [1.54, 1.807) is 19.1 Å². The van der Waals surface area contributed by atoms with Crippen molar-refractivity contribution in [2.75, 3.05) is 0 Å². The van der Waals surface area contributed by atoms with Crippen LogP contribution in [0, 0.1) is 5.92 Å². The number of benzene rings is 2. The lowest BCUT2D eigenvalue weighted by molar-refractivity contribution is -0.141. The third kappa shape index (κ3) is 9.49. The first-order valence-corrected chi connectivity index (χ1v) is 11.8. The van der Waals surface area contributed by atoms with Gasteiger partial charge in [-0.2, -0.15) is 0 Å². The minimum absolute atomic E-state index is 0.142. The number of halogens is 1. The highest BCUT2D eigenvalue weighted by molar-refractivity contribution is 6.32. The van der Waals surface area contributed by atoms with Crippen LogP contribution < -0.4 is 15.2 Å². The molecule has 32 heavy (non-hydrogen) atoms. The van der Waals surface area contributed by atoms with Crippen molar-refractivity contribution < 1.29 is 19.4 Å². The summed E-state index contributed by atoms with van der Waals surface area (Å²) in [5.41, 5.74) is 7.52. The first-order valence-electron chi connectivity index (χ1n) is 11.4. The van der Waals surface area contributed by atoms with E-state index in [0.29, 0.717) is 29.8 Å². The summed E-state index contributed by atoms with van der Waals surface area (Å²) in [7, 11) is 0. The molecule has 1 aliphatic rings. The highest BCUT2D eigenvalue weighted by Gasteiger charge is 2.13. The highest BCUT2D eigenvalue weighted by Crippen LogP contribution is 2.27. The molecule has 0 aromatic heterocycles. The number of carbonyl (C=O) groups is 1. The average Bonchev–Trinajstić information content (AvgIpc) is 2.75. The monoisotopic (exact) mass is 461 g/mol. The summed E-state index contributed by atoms with van der Waals surface area (Å²) in [5.74, 6) is 0.139. The molecule has 3 rings (SSSR count). The second-order valence-corrected chi connectivity index (χ2v) is 9.11. The van der Waals surface area contributed by atoms with Gasteiger partial charge in [0, 0.05) is 6.04 Å². The SMILES string of the molecule is CC(C)Oc1ccc(COc2ccc(CC(C)C(=O)O)cc2Cl)cc1.NC1CCCCC1. The van der Waals surface area contributed by atoms with Crippen molar-refractivity contribution in [3.05, 3.63) is 58.6 Å². The largest absolute Gasteiger partial charge is 0.491 e. The average molecular weight is 462 g/mol. The zero-order valence-corrected chi connectivity index (χ0v) is 20.1. The van der Waals surface area contributed by atoms with Crippen LogP contribution in [0.15, 0.2) is 42.5 Å². The van der Waals surface area contributed by atoms with Gasteiger partial charge in [-0.05, 0) is 68.5 Å². The van der Waals surface area contributed by atoms with E-state index in [0.717, 1.165) is 16.9 Å². The Morgan fingerprint density at radius 3 is 2.19 bits per heavy atom. The lowest BCUT2D eigenvalue weighted by Gasteiger charge is -2.15. The Balaban J connectivity index is 0.000000439. The Morgan fingerprint density at radius 2 is 1.69 bits per heavy atom. The van der Waals surface area contributed by atoms with Gasteiger partial charge in [0.1, 0.15) is 18.1 Å². The van der Waals surface area contributed by atoms with Crippen LogP contribution in [0.3, 0.4) is 0 Å². The molecule has 1 unspecified atom stereocenters. The molecule has 0 heterocycles. The summed E-state index contributed by atoms with van der Waals surface area (Å²) in [4.78, 5) is 10.9. The molecule has 0 aliphatic heterocycles. The summed E-state index contributed by atoms with van der Waals surface area (Å²) in [6.45, 7) is 6.04. The molecule has 0 amide bonds. The number of hydrogen-bond acceptors (Lipinski definition) is 4. The zero-order chi connectivity index (χ0) is 23.5. The van der Waals surface area contributed by atoms with Crippen molar-refractivity contribution >= 4 is 17.6 Å². The van der Waals surface area contributed by atoms with Crippen LogP contribution in [-0.4, -0.2) is 23.2 Å². The topological polar surface area (TPSA) is 81.8 Å². The van der Waals surface area contributed by atoms with Crippen molar-refractivity contribution in [3.63, 3.8) is 0 Å². The Hall–Kier alpha value is -2.24. The standard InChI is InChI=1S/C20H23ClO4.C6H13N/c1-13(2)25-17-7-4-15(5-8-17)12-24-19-9-6-16(11-18(19)21)10-14(3)20(22)23;7-6-4-2-1-3-5-6/h4-9,11,13-14H,10,12H2,1-3H3,(H,22,23);6H,1-5,7H2. The number of rotatable bonds is 8. The smallest absolute Gasteiger partial charge is 0.306 e. The van der Waals surface area contributed by atoms with Gasteiger partial charge in [-0.15, -0.1) is 0 Å². The van der Waals surface area contributed by atoms with Gasteiger partial charge in [0.05, 0.1) is 17.0 Å². The molecule has 0 radical (unpaired) electrons. The normalized spacial score (nSPS) is 14.9. The lowest BCUT2D eigenvalue weighted by Crippen LogP contribution is -2.22. The predicted octanol–water partition coefficient (Wildman–Crippen LogP) is 6.25. The molecule has 0 saturated heterocycles. The molecule has 1 atom stereocenters. The maximum absolute atomic E-state index is 10.9. The van der Waals surface area contributed by atoms with Crippen LogP contribution in [0.2, 0.25) is 5.02 Å². The predicted molar refractivity (Wildman–Crippen MR) is 130 cm³/mol. The minimum atomic E-state index is -0.818. The van der Waals surface area contributed by atoms with Crippen molar-refractivity contribution in [2.45, 2.75) is 78.0 Å². The Kier molecular flexibility index (Phi) is 10.8. The van der Waals surface area contributed by atoms with Crippen LogP contribution in [0.5, 0.6) is 11.5 Å². The molecule has 0 bridgehead atoms. The van der Waals surface area contributed by atoms with E-state index >= 15 is 0 Å². The van der Waals surface area contributed by atoms with Crippen LogP contribution in [0.25, 0.3) is 0 Å². The van der Waals surface area contributed by atoms with Crippen LogP contribution in [-0.2, 0) is 17.8 Å². The summed E-state index contributed by atoms with van der Waals surface area (Å²) >= 11 is 6.25. The van der Waals surface area contributed by atoms with Crippen molar-refractivity contribution in [1.82, 2.24) is 0 Å². The Bertz CT molecular complexity index is 832. The third-order valence-corrected chi connectivity index (χ3v) is 5.59. The van der Waals surface area contributed by atoms with E-state index in [4.69, 9.17) is 31.9 Å². The van der Waals surface area contributed by atoms with Crippen molar-refractivity contribution in [3.8, 4) is 11.5 Å². The van der Waals surface area contributed by atoms with Gasteiger partial charge in [-0.1, -0.05) is 56.0 Å². The van der Waals surface area contributed by atoms with E-state index < -0.39 is 11.9 Å². The van der Waals surface area contributed by atoms with Gasteiger partial charge < -0.3 is 20.3 Å². The maximum atomic E-state index is 10.9. The number of ether oxygens (including phenoxy) is 2. The molecule has 1 fully saturated rings. The molecule has 3 N–H and O–H groups in total. The first kappa shape index (κ1) is 26.0. The lowest BCUT2D eigenvalue weighted by atomic mass is 9.97. The maximum Gasteiger partial charge on any atom is 0.306 e. The number of aliphatic carboxylic acids is 1. The molecule has 6 heteroatoms. The number of hydrogen-bond donors (Lipinski definition) is 2. The molecule has 2 aromatic rings. The van der Waals surface area contributed by atoms with Gasteiger partial charge in [0.15, 0.2) is 0 Å². The van der Waals surface area contributed by atoms with Gasteiger partial charge in [-0.25, -0.2) is 0 Å². The molecule has 5 nitrogen and oxygen atoms in total. The van der Waals surface area contributed by atoms with Crippen LogP contribution in [0.4, 0.5) is 0 Å². The van der Waals surface area contributed by atoms with Gasteiger partial charge >= 0.3 is 5.97 Å². The number of carboxylic acids is 1. The minimum Gasteiger partial charge on any atom is -0.491 e. The summed E-state index contributed by atoms with van der Waals surface area (Å²) in [5, 5.41) is 9.46. The highest BCUT2D eigenvalue weighted by atomic mass is 35.5. The number of nitrogens with two attached hydrogens (primary N) is 1. The fraction of sp³-hybridized carbons (Fsp3) is 0.500. The number of carboxylic acid groups (broad SMARTS) is 1. The van der Waals surface area contributed by atoms with Crippen molar-refractivity contribution in [2.24, 2.45) is 11.7 Å². The summed E-state index contributed by atoms with van der Waals surface area (Å²) in [6, 6.07) is 13.7. The molecule has 2 aromatic carbocycles. The second-order valence-electron chi connectivity index (χ2n) is 8.71. The van der Waals surface area contributed by atoms with Crippen molar-refractivity contribution in [1.29, 1.82) is 0 Å². The molecule has 1 saturated carbocycles. The third-order valence-electron chi connectivity index (χ3n) is 5.30. The summed E-state index contributed by atoms with van der Waals surface area (Å²) in [6.07, 6.45) is 7.24. The van der Waals surface area contributed by atoms with E-state index in [2.05, 4.69) is 0 Å². The van der Waals surface area contributed by atoms with E-state index in [1.807, 2.05) is 44.2 Å². The second kappa shape index (κ2) is 13.3. The molecule has 176 valence electrons. The van der Waals surface area contributed by atoms with Gasteiger partial charge in [0.2, 0.25) is 0 Å². The van der Waals surface area contributed by atoms with E-state index in [9.17, 15) is 4.79 Å². The molecule has 0 spiro atoms. The fourth-order valence-electron chi connectivity index (χ4n) is 3.46. The van der Waals surface area contributed by atoms with Gasteiger partial charge in [0.25, 0.3) is 0 Å². The molecular formula is C26H36ClNO4. The van der Waals surface area contributed by atoms with E-state index in [-0.39, 0.29) is 6.10 Å². The van der Waals surface area contributed by atoms with Crippen LogP contribution in [0.1, 0.15) is 64.0 Å². The quantitative estimate of drug-likeness (QED) is 0.485. The Morgan fingerprint density at radius 1 is 1.06 bits per heavy atom. The summed E-state index contributed by atoms with van der Waals surface area (Å²) < 4.78 is 11.4. The fourth-order valence-corrected chi connectivity index (χ4v) is 3.72. The van der Waals surface area contributed by atoms with E-state index in [1.165, 1.54) is 32.1 Å². The van der Waals surface area contributed by atoms with Gasteiger partial charge in [-0.3, -0.25) is 4.79 Å².